The van der Waals surface area contributed by atoms with Crippen LogP contribution in [0.25, 0.3) is 0 Å². The van der Waals surface area contributed by atoms with Crippen LogP contribution in [0, 0.1) is 23.2 Å². The molecule has 0 bridgehead atoms. The maximum Gasteiger partial charge on any atom is 0.325 e. The van der Waals surface area contributed by atoms with Crippen molar-refractivity contribution in [1.29, 1.82) is 5.26 Å². The number of rotatable bonds is 4. The molecule has 2 saturated carbocycles. The first-order valence-electron chi connectivity index (χ1n) is 8.69. The van der Waals surface area contributed by atoms with Gasteiger partial charge in [-0.15, -0.1) is 0 Å². The second kappa shape index (κ2) is 5.76. The molecule has 1 spiro atoms. The third kappa shape index (κ3) is 2.64. The smallest absolute Gasteiger partial charge is 0.325 e. The zero-order valence-corrected chi connectivity index (χ0v) is 14.2. The Kier molecular flexibility index (Phi) is 4.02. The number of nitrogens with one attached hydrogen (secondary N) is 2. The SMILES string of the molecule is C[C@H]1CCCC[C@@]12NC(=O)N(CC(=O)N[C@@](C)(C#N)C1CC1)C2=O. The summed E-state index contributed by atoms with van der Waals surface area (Å²) in [7, 11) is 0. The molecule has 2 N–H and O–H groups in total. The van der Waals surface area contributed by atoms with Crippen molar-refractivity contribution in [1.82, 2.24) is 15.5 Å². The molecule has 3 rings (SSSR count). The monoisotopic (exact) mass is 332 g/mol. The van der Waals surface area contributed by atoms with Crippen LogP contribution in [-0.2, 0) is 9.59 Å². The van der Waals surface area contributed by atoms with Crippen LogP contribution in [0.4, 0.5) is 4.79 Å². The van der Waals surface area contributed by atoms with Gasteiger partial charge >= 0.3 is 6.03 Å². The molecule has 1 heterocycles. The van der Waals surface area contributed by atoms with Gasteiger partial charge in [-0.05, 0) is 44.4 Å². The van der Waals surface area contributed by atoms with Gasteiger partial charge in [0.15, 0.2) is 0 Å². The van der Waals surface area contributed by atoms with E-state index in [-0.39, 0.29) is 24.3 Å². The number of carbonyl (C=O) groups is 3. The van der Waals surface area contributed by atoms with E-state index in [0.29, 0.717) is 6.42 Å². The van der Waals surface area contributed by atoms with Crippen molar-refractivity contribution in [3.63, 3.8) is 0 Å². The highest BCUT2D eigenvalue weighted by atomic mass is 16.2. The van der Waals surface area contributed by atoms with E-state index in [0.717, 1.165) is 37.0 Å². The summed E-state index contributed by atoms with van der Waals surface area (Å²) in [5.74, 6) is -0.555. The molecule has 1 saturated heterocycles. The zero-order chi connectivity index (χ0) is 17.5. The lowest BCUT2D eigenvalue weighted by Crippen LogP contribution is -2.54. The zero-order valence-electron chi connectivity index (χ0n) is 14.2. The minimum Gasteiger partial charge on any atom is -0.336 e. The highest BCUT2D eigenvalue weighted by Crippen LogP contribution is 2.40. The molecule has 0 radical (unpaired) electrons. The maximum absolute atomic E-state index is 12.8. The third-order valence-electron chi connectivity index (χ3n) is 5.83. The number of hydrogen-bond acceptors (Lipinski definition) is 4. The average Bonchev–Trinajstić information content (AvgIpc) is 3.36. The summed E-state index contributed by atoms with van der Waals surface area (Å²) in [5, 5.41) is 14.8. The summed E-state index contributed by atoms with van der Waals surface area (Å²) in [6.07, 6.45) is 5.27. The number of carbonyl (C=O) groups excluding carboxylic acids is 3. The summed E-state index contributed by atoms with van der Waals surface area (Å²) in [5.41, 5.74) is -1.78. The fourth-order valence-electron chi connectivity index (χ4n) is 3.99. The van der Waals surface area contributed by atoms with Gasteiger partial charge in [0.25, 0.3) is 5.91 Å². The van der Waals surface area contributed by atoms with Crippen molar-refractivity contribution in [3.05, 3.63) is 0 Å². The molecule has 1 aliphatic heterocycles. The Morgan fingerprint density at radius 1 is 1.42 bits per heavy atom. The molecule has 7 nitrogen and oxygen atoms in total. The van der Waals surface area contributed by atoms with Gasteiger partial charge in [-0.1, -0.05) is 19.8 Å². The quantitative estimate of drug-likeness (QED) is 0.757. The molecular weight excluding hydrogens is 308 g/mol. The van der Waals surface area contributed by atoms with Gasteiger partial charge in [-0.3, -0.25) is 14.5 Å². The van der Waals surface area contributed by atoms with E-state index in [2.05, 4.69) is 16.7 Å². The highest BCUT2D eigenvalue weighted by molar-refractivity contribution is 6.09. The van der Waals surface area contributed by atoms with Gasteiger partial charge in [-0.2, -0.15) is 5.26 Å². The Morgan fingerprint density at radius 2 is 2.12 bits per heavy atom. The van der Waals surface area contributed by atoms with E-state index in [1.54, 1.807) is 6.92 Å². The van der Waals surface area contributed by atoms with Gasteiger partial charge in [0, 0.05) is 0 Å². The largest absolute Gasteiger partial charge is 0.336 e. The van der Waals surface area contributed by atoms with Crippen LogP contribution in [-0.4, -0.2) is 40.4 Å². The predicted octanol–water partition coefficient (Wildman–Crippen LogP) is 1.30. The van der Waals surface area contributed by atoms with E-state index >= 15 is 0 Å². The normalized spacial score (nSPS) is 32.2. The van der Waals surface area contributed by atoms with E-state index in [9.17, 15) is 19.6 Å². The molecule has 0 aromatic carbocycles. The second-order valence-corrected chi connectivity index (χ2v) is 7.58. The average molecular weight is 332 g/mol. The van der Waals surface area contributed by atoms with Gasteiger partial charge in [0.1, 0.15) is 17.6 Å². The lowest BCUT2D eigenvalue weighted by Gasteiger charge is -2.36. The molecule has 24 heavy (non-hydrogen) atoms. The van der Waals surface area contributed by atoms with Crippen LogP contribution in [0.2, 0.25) is 0 Å². The molecule has 3 atom stereocenters. The maximum atomic E-state index is 12.8. The van der Waals surface area contributed by atoms with E-state index in [4.69, 9.17) is 0 Å². The Hall–Kier alpha value is -2.10. The first-order chi connectivity index (χ1) is 11.3. The number of amides is 4. The van der Waals surface area contributed by atoms with Gasteiger partial charge in [-0.25, -0.2) is 4.79 Å². The van der Waals surface area contributed by atoms with Crippen LogP contribution >= 0.6 is 0 Å². The van der Waals surface area contributed by atoms with Crippen molar-refractivity contribution in [2.75, 3.05) is 6.54 Å². The predicted molar refractivity (Wildman–Crippen MR) is 85.5 cm³/mol. The molecule has 0 unspecified atom stereocenters. The van der Waals surface area contributed by atoms with Crippen molar-refractivity contribution in [3.8, 4) is 6.07 Å². The summed E-state index contributed by atoms with van der Waals surface area (Å²) in [4.78, 5) is 38.4. The lowest BCUT2D eigenvalue weighted by molar-refractivity contribution is -0.137. The number of imide groups is 1. The standard InChI is InChI=1S/C17H24N4O3/c1-11-5-3-4-8-17(11)14(23)21(15(24)20-17)9-13(22)19-16(2,10-18)12-6-7-12/h11-12H,3-9H2,1-2H3,(H,19,22)(H,20,24)/t11-,16-,17+/m0/s1. The van der Waals surface area contributed by atoms with Crippen LogP contribution in [0.5, 0.6) is 0 Å². The fourth-order valence-corrected chi connectivity index (χ4v) is 3.99. The van der Waals surface area contributed by atoms with E-state index < -0.39 is 23.0 Å². The Morgan fingerprint density at radius 3 is 2.71 bits per heavy atom. The topological polar surface area (TPSA) is 102 Å². The number of urea groups is 1. The molecular formula is C17H24N4O3. The highest BCUT2D eigenvalue weighted by Gasteiger charge is 2.55. The molecule has 4 amide bonds. The van der Waals surface area contributed by atoms with Crippen molar-refractivity contribution < 1.29 is 14.4 Å². The summed E-state index contributed by atoms with van der Waals surface area (Å²) in [6.45, 7) is 3.34. The Bertz CT molecular complexity index is 624. The van der Waals surface area contributed by atoms with Crippen molar-refractivity contribution in [2.24, 2.45) is 11.8 Å². The minimum atomic E-state index is -0.924. The van der Waals surface area contributed by atoms with Gasteiger partial charge in [0.05, 0.1) is 6.07 Å². The number of nitrogens with zero attached hydrogens (tertiary/aromatic N) is 2. The summed E-state index contributed by atoms with van der Waals surface area (Å²) < 4.78 is 0. The molecule has 3 fully saturated rings. The van der Waals surface area contributed by atoms with E-state index in [1.807, 2.05) is 6.92 Å². The summed E-state index contributed by atoms with van der Waals surface area (Å²) in [6, 6.07) is 1.64. The number of nitriles is 1. The molecule has 2 aliphatic carbocycles. The van der Waals surface area contributed by atoms with E-state index in [1.165, 1.54) is 0 Å². The number of hydrogen-bond donors (Lipinski definition) is 2. The first kappa shape index (κ1) is 16.7. The molecule has 3 aliphatic rings. The minimum absolute atomic E-state index is 0.0617. The van der Waals surface area contributed by atoms with Crippen LogP contribution in [0.15, 0.2) is 0 Å². The fraction of sp³-hybridized carbons (Fsp3) is 0.765. The van der Waals surface area contributed by atoms with Gasteiger partial charge < -0.3 is 10.6 Å². The molecule has 130 valence electrons. The second-order valence-electron chi connectivity index (χ2n) is 7.58. The van der Waals surface area contributed by atoms with Crippen molar-refractivity contribution >= 4 is 17.8 Å². The van der Waals surface area contributed by atoms with Crippen LogP contribution in [0.1, 0.15) is 52.4 Å². The molecule has 0 aromatic heterocycles. The van der Waals surface area contributed by atoms with Crippen LogP contribution in [0.3, 0.4) is 0 Å². The third-order valence-corrected chi connectivity index (χ3v) is 5.83. The lowest BCUT2D eigenvalue weighted by atomic mass is 9.73. The van der Waals surface area contributed by atoms with Crippen LogP contribution < -0.4 is 10.6 Å². The Labute approximate surface area is 141 Å². The van der Waals surface area contributed by atoms with Crippen molar-refractivity contribution in [2.45, 2.75) is 63.5 Å². The molecule has 7 heteroatoms. The summed E-state index contributed by atoms with van der Waals surface area (Å²) >= 11 is 0. The molecule has 0 aromatic rings. The Balaban J connectivity index is 1.69. The first-order valence-corrected chi connectivity index (χ1v) is 8.69. The van der Waals surface area contributed by atoms with Gasteiger partial charge in [0.2, 0.25) is 5.91 Å².